The van der Waals surface area contributed by atoms with Crippen molar-refractivity contribution in [3.63, 3.8) is 0 Å². The second kappa shape index (κ2) is 6.25. The highest BCUT2D eigenvalue weighted by molar-refractivity contribution is 7.14. The molecule has 0 aliphatic heterocycles. The normalized spacial score (nSPS) is 10.8. The van der Waals surface area contributed by atoms with E-state index in [9.17, 15) is 14.9 Å². The molecular formula is C15H13NO3S. The van der Waals surface area contributed by atoms with Gasteiger partial charge in [-0.25, -0.2) is 0 Å². The molecule has 2 rings (SSSR count). The Labute approximate surface area is 120 Å². The zero-order valence-electron chi connectivity index (χ0n) is 10.9. The summed E-state index contributed by atoms with van der Waals surface area (Å²) < 4.78 is 0. The van der Waals surface area contributed by atoms with Crippen LogP contribution in [0.3, 0.4) is 0 Å². The van der Waals surface area contributed by atoms with Crippen molar-refractivity contribution >= 4 is 28.9 Å². The second-order valence-electron chi connectivity index (χ2n) is 4.17. The third-order valence-electron chi connectivity index (χ3n) is 2.76. The molecule has 0 aliphatic rings. The van der Waals surface area contributed by atoms with Gasteiger partial charge in [0.1, 0.15) is 0 Å². The van der Waals surface area contributed by atoms with Crippen LogP contribution in [0.4, 0.5) is 5.69 Å². The summed E-state index contributed by atoms with van der Waals surface area (Å²) in [4.78, 5) is 24.0. The monoisotopic (exact) mass is 287 g/mol. The molecule has 0 amide bonds. The van der Waals surface area contributed by atoms with E-state index in [2.05, 4.69) is 0 Å². The number of nitro benzene ring substituents is 1. The van der Waals surface area contributed by atoms with Crippen LogP contribution in [0, 0.1) is 10.1 Å². The van der Waals surface area contributed by atoms with Crippen LogP contribution in [-0.4, -0.2) is 10.7 Å². The first-order valence-electron chi connectivity index (χ1n) is 6.15. The van der Waals surface area contributed by atoms with Crippen LogP contribution in [0.25, 0.3) is 6.08 Å². The second-order valence-corrected chi connectivity index (χ2v) is 5.34. The van der Waals surface area contributed by atoms with E-state index >= 15 is 0 Å². The van der Waals surface area contributed by atoms with Crippen molar-refractivity contribution in [1.82, 2.24) is 0 Å². The molecule has 0 radical (unpaired) electrons. The number of rotatable bonds is 5. The smallest absolute Gasteiger partial charge is 0.270 e. The molecule has 1 aromatic heterocycles. The lowest BCUT2D eigenvalue weighted by molar-refractivity contribution is -0.384. The van der Waals surface area contributed by atoms with Gasteiger partial charge < -0.3 is 0 Å². The predicted octanol–water partition coefficient (Wildman–Crippen LogP) is 4.11. The van der Waals surface area contributed by atoms with Crippen molar-refractivity contribution in [2.75, 3.05) is 0 Å². The highest BCUT2D eigenvalue weighted by atomic mass is 32.1. The number of allylic oxidation sites excluding steroid dienone is 1. The first-order valence-corrected chi connectivity index (χ1v) is 6.97. The Balaban J connectivity index is 2.14. The number of carbonyl (C=O) groups is 1. The molecule has 0 saturated carbocycles. The molecule has 102 valence electrons. The van der Waals surface area contributed by atoms with Crippen molar-refractivity contribution in [2.24, 2.45) is 0 Å². The molecule has 5 heteroatoms. The van der Waals surface area contributed by atoms with Crippen LogP contribution < -0.4 is 0 Å². The van der Waals surface area contributed by atoms with Gasteiger partial charge in [-0.15, -0.1) is 11.3 Å². The minimum Gasteiger partial charge on any atom is -0.288 e. The summed E-state index contributed by atoms with van der Waals surface area (Å²) in [6.07, 6.45) is 3.96. The molecule has 0 unspecified atom stereocenters. The van der Waals surface area contributed by atoms with E-state index in [1.165, 1.54) is 29.5 Å². The van der Waals surface area contributed by atoms with Gasteiger partial charge in [0.05, 0.1) is 9.80 Å². The minimum atomic E-state index is -0.452. The number of aryl methyl sites for hydroxylation is 1. The van der Waals surface area contributed by atoms with Crippen LogP contribution in [0.15, 0.2) is 42.5 Å². The number of nitro groups is 1. The molecule has 0 bridgehead atoms. The van der Waals surface area contributed by atoms with Gasteiger partial charge in [-0.1, -0.05) is 25.1 Å². The third-order valence-corrected chi connectivity index (χ3v) is 4.01. The number of carbonyl (C=O) groups excluding carboxylic acids is 1. The molecule has 20 heavy (non-hydrogen) atoms. The molecule has 1 aromatic carbocycles. The Bertz CT molecular complexity index is 673. The Hall–Kier alpha value is -2.27. The summed E-state index contributed by atoms with van der Waals surface area (Å²) in [5.41, 5.74) is 0.656. The van der Waals surface area contributed by atoms with Crippen molar-refractivity contribution in [1.29, 1.82) is 0 Å². The van der Waals surface area contributed by atoms with E-state index in [0.29, 0.717) is 10.4 Å². The Kier molecular flexibility index (Phi) is 4.42. The lowest BCUT2D eigenvalue weighted by Crippen LogP contribution is -1.90. The van der Waals surface area contributed by atoms with Crippen molar-refractivity contribution in [2.45, 2.75) is 13.3 Å². The van der Waals surface area contributed by atoms with Crippen molar-refractivity contribution < 1.29 is 9.72 Å². The summed E-state index contributed by atoms with van der Waals surface area (Å²) in [6, 6.07) is 9.94. The van der Waals surface area contributed by atoms with Gasteiger partial charge in [-0.3, -0.25) is 14.9 Å². The average Bonchev–Trinajstić information content (AvgIpc) is 2.94. The zero-order chi connectivity index (χ0) is 14.5. The van der Waals surface area contributed by atoms with Crippen molar-refractivity contribution in [3.05, 3.63) is 67.9 Å². The fourth-order valence-electron chi connectivity index (χ4n) is 1.70. The lowest BCUT2D eigenvalue weighted by atomic mass is 10.1. The first-order chi connectivity index (χ1) is 9.60. The van der Waals surface area contributed by atoms with Gasteiger partial charge >= 0.3 is 0 Å². The van der Waals surface area contributed by atoms with E-state index < -0.39 is 4.92 Å². The topological polar surface area (TPSA) is 60.2 Å². The number of hydrogen-bond acceptors (Lipinski definition) is 4. The molecule has 0 atom stereocenters. The summed E-state index contributed by atoms with van der Waals surface area (Å²) in [6.45, 7) is 2.04. The number of non-ortho nitro benzene ring substituents is 1. The van der Waals surface area contributed by atoms with Crippen LogP contribution in [0.1, 0.15) is 27.0 Å². The van der Waals surface area contributed by atoms with E-state index in [4.69, 9.17) is 0 Å². The predicted molar refractivity (Wildman–Crippen MR) is 80.2 cm³/mol. The first kappa shape index (κ1) is 14.1. The van der Waals surface area contributed by atoms with Gasteiger partial charge in [0.15, 0.2) is 5.78 Å². The van der Waals surface area contributed by atoms with Gasteiger partial charge in [0.25, 0.3) is 5.69 Å². The molecule has 4 nitrogen and oxygen atoms in total. The summed E-state index contributed by atoms with van der Waals surface area (Å²) >= 11 is 1.48. The minimum absolute atomic E-state index is 0.0176. The van der Waals surface area contributed by atoms with E-state index in [1.807, 2.05) is 19.1 Å². The molecule has 0 N–H and O–H groups in total. The molecule has 1 heterocycles. The van der Waals surface area contributed by atoms with Crippen LogP contribution in [0.2, 0.25) is 0 Å². The largest absolute Gasteiger partial charge is 0.288 e. The van der Waals surface area contributed by atoms with E-state index in [1.54, 1.807) is 18.2 Å². The van der Waals surface area contributed by atoms with Gasteiger partial charge in [0, 0.05) is 17.0 Å². The fraction of sp³-hybridized carbons (Fsp3) is 0.133. The summed E-state index contributed by atoms with van der Waals surface area (Å²) in [7, 11) is 0. The quantitative estimate of drug-likeness (QED) is 0.360. The maximum absolute atomic E-state index is 12.0. The van der Waals surface area contributed by atoms with Gasteiger partial charge in [-0.2, -0.15) is 0 Å². The Morgan fingerprint density at radius 1 is 1.35 bits per heavy atom. The summed E-state index contributed by atoms with van der Waals surface area (Å²) in [5, 5.41) is 10.7. The van der Waals surface area contributed by atoms with Crippen molar-refractivity contribution in [3.8, 4) is 0 Å². The highest BCUT2D eigenvalue weighted by Crippen LogP contribution is 2.19. The van der Waals surface area contributed by atoms with Crippen LogP contribution in [-0.2, 0) is 6.42 Å². The lowest BCUT2D eigenvalue weighted by Gasteiger charge is -1.94. The molecule has 0 fully saturated rings. The van der Waals surface area contributed by atoms with Crippen LogP contribution >= 0.6 is 11.3 Å². The Morgan fingerprint density at radius 3 is 2.80 bits per heavy atom. The van der Waals surface area contributed by atoms with E-state index in [0.717, 1.165) is 11.3 Å². The molecule has 0 aliphatic carbocycles. The van der Waals surface area contributed by atoms with E-state index in [-0.39, 0.29) is 11.5 Å². The van der Waals surface area contributed by atoms with Gasteiger partial charge in [-0.05, 0) is 30.2 Å². The zero-order valence-corrected chi connectivity index (χ0v) is 11.7. The number of ketones is 1. The Morgan fingerprint density at radius 2 is 2.15 bits per heavy atom. The number of benzene rings is 1. The fourth-order valence-corrected chi connectivity index (χ4v) is 2.56. The molecule has 2 aromatic rings. The number of hydrogen-bond donors (Lipinski definition) is 0. The SMILES string of the molecule is CCc1ccc(C(=O)/C=C/c2cccc([N+](=O)[O-])c2)s1. The maximum atomic E-state index is 12.0. The number of nitrogens with zero attached hydrogens (tertiary/aromatic N) is 1. The van der Waals surface area contributed by atoms with Crippen LogP contribution in [0.5, 0.6) is 0 Å². The molecule has 0 saturated heterocycles. The molecule has 0 spiro atoms. The highest BCUT2D eigenvalue weighted by Gasteiger charge is 2.06. The maximum Gasteiger partial charge on any atom is 0.270 e. The standard InChI is InChI=1S/C15H13NO3S/c1-2-13-7-9-15(20-13)14(17)8-6-11-4-3-5-12(10-11)16(18)19/h3-10H,2H2,1H3/b8-6+. The third kappa shape index (κ3) is 3.39. The van der Waals surface area contributed by atoms with Gasteiger partial charge in [0.2, 0.25) is 0 Å². The average molecular weight is 287 g/mol. The molecular weight excluding hydrogens is 274 g/mol. The number of thiophene rings is 1. The summed E-state index contributed by atoms with van der Waals surface area (Å²) in [5.74, 6) is -0.0822.